The van der Waals surface area contributed by atoms with Crippen LogP contribution in [0, 0.1) is 0 Å². The van der Waals surface area contributed by atoms with Crippen molar-refractivity contribution in [2.75, 3.05) is 211 Å². The molecule has 7 aromatic rings. The summed E-state index contributed by atoms with van der Waals surface area (Å²) in [6.07, 6.45) is 0. The first-order valence-electron chi connectivity index (χ1n) is 31.5. The Morgan fingerprint density at radius 2 is 0.580 bits per heavy atom. The highest BCUT2D eigenvalue weighted by molar-refractivity contribution is 6.11. The van der Waals surface area contributed by atoms with Gasteiger partial charge >= 0.3 is 0 Å². The van der Waals surface area contributed by atoms with Crippen LogP contribution in [0.25, 0.3) is 88.6 Å². The van der Waals surface area contributed by atoms with E-state index in [0.717, 1.165) is 243 Å². The Morgan fingerprint density at radius 3 is 0.909 bits per heavy atom. The Hall–Kier alpha value is -6.76. The first-order chi connectivity index (χ1) is 43.6. The summed E-state index contributed by atoms with van der Waals surface area (Å²) in [7, 11) is 0. The van der Waals surface area contributed by atoms with Crippen LogP contribution in [0.15, 0.2) is 97.1 Å². The maximum absolute atomic E-state index is 6.41. The molecule has 4 saturated heterocycles. The summed E-state index contributed by atoms with van der Waals surface area (Å²) in [5.74, 6) is 2.96. The number of aromatic amines is 2. The molecule has 9 heterocycles. The largest absolute Gasteiger partial charge is 0.491 e. The lowest BCUT2D eigenvalue weighted by Crippen LogP contribution is -2.38. The van der Waals surface area contributed by atoms with Gasteiger partial charge in [0.25, 0.3) is 0 Å². The van der Waals surface area contributed by atoms with Crippen LogP contribution in [0.5, 0.6) is 23.0 Å². The first-order valence-corrected chi connectivity index (χ1v) is 31.5. The lowest BCUT2D eigenvalue weighted by Gasteiger charge is -2.26. The number of nitrogens with one attached hydrogen (secondary N) is 2. The summed E-state index contributed by atoms with van der Waals surface area (Å²) in [6, 6.07) is 33.6. The Balaban J connectivity index is 0.845. The van der Waals surface area contributed by atoms with E-state index in [2.05, 4.69) is 102 Å². The van der Waals surface area contributed by atoms with Gasteiger partial charge in [-0.25, -0.2) is 9.97 Å². The van der Waals surface area contributed by atoms with Gasteiger partial charge in [-0.1, -0.05) is 0 Å². The highest BCUT2D eigenvalue weighted by Gasteiger charge is 2.23. The number of aromatic nitrogens is 4. The third-order valence-electron chi connectivity index (χ3n) is 17.0. The standard InChI is InChI=1S/C68H82N8O12/c1-5-53-57(41-49(1)85-37-33-81-29-17-73-9-21-77-22-10-73)65-46-62-55-7-3-51(87-39-35-83-31-19-75-13-25-79-26-14-75)43-59(55)67(71-62)48-64-56-8-4-52(88-40-36-84-32-20-76-15-27-80-28-16-76)44-60(56)68(72-64)47-63-54-6-2-50(42-58(54)66(70-63)45-61(53)69-65)86-38-34-82-30-18-74-11-23-78-24-12-74/h1-8,41-48,69,72H,9-40H2. The summed E-state index contributed by atoms with van der Waals surface area (Å²) < 4.78 is 71.9. The van der Waals surface area contributed by atoms with Gasteiger partial charge in [0.15, 0.2) is 0 Å². The average molecular weight is 1200 g/mol. The van der Waals surface area contributed by atoms with Crippen molar-refractivity contribution in [3.63, 3.8) is 0 Å². The number of benzene rings is 4. The molecule has 20 nitrogen and oxygen atoms in total. The molecule has 8 bridgehead atoms. The second-order valence-corrected chi connectivity index (χ2v) is 22.7. The van der Waals surface area contributed by atoms with Crippen molar-refractivity contribution in [1.82, 2.24) is 39.5 Å². The van der Waals surface area contributed by atoms with Gasteiger partial charge in [-0.2, -0.15) is 0 Å². The molecule has 6 aliphatic rings. The third-order valence-corrected chi connectivity index (χ3v) is 17.0. The van der Waals surface area contributed by atoms with E-state index in [-0.39, 0.29) is 0 Å². The Morgan fingerprint density at radius 1 is 0.295 bits per heavy atom. The van der Waals surface area contributed by atoms with E-state index in [1.165, 1.54) is 0 Å². The normalized spacial score (nSPS) is 16.9. The number of hydrogen-bond donors (Lipinski definition) is 2. The van der Waals surface area contributed by atoms with Gasteiger partial charge < -0.3 is 66.8 Å². The quantitative estimate of drug-likeness (QED) is 0.0448. The Labute approximate surface area is 513 Å². The maximum atomic E-state index is 6.41. The molecule has 2 N–H and O–H groups in total. The summed E-state index contributed by atoms with van der Waals surface area (Å²) in [4.78, 5) is 28.1. The SMILES string of the molecule is c1cc2c(cc1OCCOCCN1CCOCC1)-c1cc3[nH]c(cc4nc(cc5[nH]c(cc-2n1)c1cc(OCCOCCN2CCOCC2)ccc51)-c1cc(OCCOCCN2CCOCC2)ccc1-4)c1cc(OCCOCCN2CCOCC2)ccc31. The molecule has 13 rings (SSSR count). The van der Waals surface area contributed by atoms with E-state index in [4.69, 9.17) is 66.8 Å². The number of rotatable bonds is 28. The fourth-order valence-electron chi connectivity index (χ4n) is 12.1. The molecule has 20 heteroatoms. The van der Waals surface area contributed by atoms with Crippen LogP contribution in [0.2, 0.25) is 0 Å². The van der Waals surface area contributed by atoms with E-state index in [1.807, 2.05) is 24.3 Å². The molecule has 0 spiro atoms. The minimum Gasteiger partial charge on any atom is -0.491 e. The molecule has 3 aromatic heterocycles. The first kappa shape index (κ1) is 60.2. The van der Waals surface area contributed by atoms with Crippen molar-refractivity contribution in [1.29, 1.82) is 0 Å². The van der Waals surface area contributed by atoms with Crippen molar-refractivity contribution in [2.24, 2.45) is 0 Å². The fraction of sp³-hybridized carbons (Fsp3) is 0.471. The van der Waals surface area contributed by atoms with Crippen LogP contribution in [0.3, 0.4) is 0 Å². The van der Waals surface area contributed by atoms with Crippen LogP contribution < -0.4 is 18.9 Å². The zero-order valence-corrected chi connectivity index (χ0v) is 50.4. The molecule has 88 heavy (non-hydrogen) atoms. The molecule has 0 saturated carbocycles. The van der Waals surface area contributed by atoms with E-state index < -0.39 is 0 Å². The van der Waals surface area contributed by atoms with Crippen molar-refractivity contribution in [2.45, 2.75) is 0 Å². The van der Waals surface area contributed by atoms with Crippen molar-refractivity contribution in [3.8, 4) is 68.0 Å². The van der Waals surface area contributed by atoms with E-state index in [0.29, 0.717) is 79.3 Å². The molecular weight excluding hydrogens is 1120 g/mol. The molecular formula is C68H82N8O12. The molecule has 4 aromatic carbocycles. The molecule has 0 atom stereocenters. The predicted molar refractivity (Wildman–Crippen MR) is 339 cm³/mol. The van der Waals surface area contributed by atoms with Gasteiger partial charge in [0.2, 0.25) is 0 Å². The average Bonchev–Trinajstić information content (AvgIpc) is 3.44. The number of nitrogens with zero attached hydrogens (tertiary/aromatic N) is 6. The van der Waals surface area contributed by atoms with Gasteiger partial charge in [-0.3, -0.25) is 19.6 Å². The van der Waals surface area contributed by atoms with Crippen LogP contribution in [0.4, 0.5) is 0 Å². The highest BCUT2D eigenvalue weighted by atomic mass is 16.5. The summed E-state index contributed by atoms with van der Waals surface area (Å²) in [6.45, 7) is 23.2. The lowest BCUT2D eigenvalue weighted by atomic mass is 10.0. The number of hydrogen-bond acceptors (Lipinski definition) is 18. The van der Waals surface area contributed by atoms with E-state index in [9.17, 15) is 0 Å². The molecule has 4 fully saturated rings. The second kappa shape index (κ2) is 30.2. The number of morpholine rings is 4. The highest BCUT2D eigenvalue weighted by Crippen LogP contribution is 2.43. The Kier molecular flexibility index (Phi) is 20.6. The van der Waals surface area contributed by atoms with E-state index in [1.54, 1.807) is 0 Å². The van der Waals surface area contributed by atoms with Crippen molar-refractivity contribution in [3.05, 3.63) is 97.1 Å². The van der Waals surface area contributed by atoms with Crippen molar-refractivity contribution < 1.29 is 56.8 Å². The number of fused-ring (bicyclic) bond motifs is 20. The van der Waals surface area contributed by atoms with Crippen LogP contribution in [-0.2, 0) is 37.9 Å². The van der Waals surface area contributed by atoms with Crippen LogP contribution in [-0.4, -0.2) is 250 Å². The molecule has 0 unspecified atom stereocenters. The summed E-state index contributed by atoms with van der Waals surface area (Å²) in [5, 5.41) is 3.98. The third kappa shape index (κ3) is 15.4. The van der Waals surface area contributed by atoms with Crippen LogP contribution >= 0.6 is 0 Å². The topological polar surface area (TPSA) is 181 Å². The molecule has 0 radical (unpaired) electrons. The molecule has 6 aliphatic heterocycles. The predicted octanol–water partition coefficient (Wildman–Crippen LogP) is 8.20. The Bertz CT molecular complexity index is 3380. The zero-order valence-electron chi connectivity index (χ0n) is 50.4. The molecule has 466 valence electrons. The van der Waals surface area contributed by atoms with E-state index >= 15 is 0 Å². The fourth-order valence-corrected chi connectivity index (χ4v) is 12.1. The smallest absolute Gasteiger partial charge is 0.120 e. The minimum atomic E-state index is 0.413. The van der Waals surface area contributed by atoms with Gasteiger partial charge in [0.1, 0.15) is 49.4 Å². The van der Waals surface area contributed by atoms with Crippen LogP contribution in [0.1, 0.15) is 0 Å². The summed E-state index contributed by atoms with van der Waals surface area (Å²) in [5.41, 5.74) is 10.6. The van der Waals surface area contributed by atoms with Crippen molar-refractivity contribution >= 4 is 43.6 Å². The molecule has 0 amide bonds. The van der Waals surface area contributed by atoms with Gasteiger partial charge in [0.05, 0.1) is 128 Å². The lowest BCUT2D eigenvalue weighted by molar-refractivity contribution is 0.0169. The maximum Gasteiger partial charge on any atom is 0.120 e. The number of H-pyrrole nitrogens is 2. The monoisotopic (exact) mass is 1200 g/mol. The molecule has 0 aliphatic carbocycles. The van der Waals surface area contributed by atoms with Gasteiger partial charge in [0, 0.05) is 144 Å². The number of ether oxygens (including phenoxy) is 12. The second-order valence-electron chi connectivity index (χ2n) is 22.7. The minimum absolute atomic E-state index is 0.413. The zero-order chi connectivity index (χ0) is 59.1. The van der Waals surface area contributed by atoms with Gasteiger partial charge in [-0.05, 0) is 97.1 Å². The van der Waals surface area contributed by atoms with Gasteiger partial charge in [-0.15, -0.1) is 0 Å². The summed E-state index contributed by atoms with van der Waals surface area (Å²) >= 11 is 0.